The summed E-state index contributed by atoms with van der Waals surface area (Å²) in [5.41, 5.74) is 2.28. The van der Waals surface area contributed by atoms with Crippen molar-refractivity contribution in [2.45, 2.75) is 31.8 Å². The lowest BCUT2D eigenvalue weighted by molar-refractivity contribution is 0.0843. The molecule has 60 valence electrons. The summed E-state index contributed by atoms with van der Waals surface area (Å²) < 4.78 is 0. The summed E-state index contributed by atoms with van der Waals surface area (Å²) in [7, 11) is 1.87. The maximum atomic E-state index is 8.67. The van der Waals surface area contributed by atoms with E-state index in [0.717, 1.165) is 0 Å². The van der Waals surface area contributed by atoms with Gasteiger partial charge in [-0.3, -0.25) is 0 Å². The molecule has 0 aromatic heterocycles. The largest absolute Gasteiger partial charge is 0.315 e. The van der Waals surface area contributed by atoms with Gasteiger partial charge in [-0.25, -0.2) is 0 Å². The van der Waals surface area contributed by atoms with Gasteiger partial charge in [0.1, 0.15) is 0 Å². The second-order valence-corrected chi connectivity index (χ2v) is 2.94. The molecule has 1 atom stereocenters. The molecule has 0 heterocycles. The second-order valence-electron chi connectivity index (χ2n) is 2.94. The van der Waals surface area contributed by atoms with E-state index in [-0.39, 0.29) is 6.17 Å². The van der Waals surface area contributed by atoms with Crippen molar-refractivity contribution >= 4 is 0 Å². The predicted molar refractivity (Wildman–Crippen MR) is 39.7 cm³/mol. The first-order valence-corrected chi connectivity index (χ1v) is 3.95. The van der Waals surface area contributed by atoms with Crippen molar-refractivity contribution in [1.29, 1.82) is 0 Å². The van der Waals surface area contributed by atoms with E-state index in [1.54, 1.807) is 0 Å². The number of hydroxylamine groups is 1. The van der Waals surface area contributed by atoms with Crippen LogP contribution in [-0.4, -0.2) is 18.4 Å². The molecule has 1 unspecified atom stereocenters. The van der Waals surface area contributed by atoms with E-state index in [4.69, 9.17) is 5.21 Å². The van der Waals surface area contributed by atoms with Gasteiger partial charge in [0, 0.05) is 0 Å². The summed E-state index contributed by atoms with van der Waals surface area (Å²) in [6.45, 7) is 0. The molecule has 0 aliphatic heterocycles. The van der Waals surface area contributed by atoms with Gasteiger partial charge in [0.05, 0.1) is 6.17 Å². The molecule has 0 aromatic carbocycles. The first-order valence-electron chi connectivity index (χ1n) is 3.95. The van der Waals surface area contributed by atoms with Crippen LogP contribution in [0.5, 0.6) is 0 Å². The Morgan fingerprint density at radius 2 is 2.00 bits per heavy atom. The molecule has 0 aromatic rings. The van der Waals surface area contributed by atoms with E-state index >= 15 is 0 Å². The molecule has 1 fully saturated rings. The van der Waals surface area contributed by atoms with Gasteiger partial charge >= 0.3 is 0 Å². The highest BCUT2D eigenvalue weighted by molar-refractivity contribution is 4.75. The Hall–Kier alpha value is -0.120. The highest BCUT2D eigenvalue weighted by Gasteiger charge is 2.22. The van der Waals surface area contributed by atoms with E-state index < -0.39 is 0 Å². The Labute approximate surface area is 61.8 Å². The molecule has 1 saturated carbocycles. The molecule has 3 heteroatoms. The number of hydrogen-bond donors (Lipinski definition) is 3. The first kappa shape index (κ1) is 7.98. The van der Waals surface area contributed by atoms with Gasteiger partial charge in [-0.15, -0.1) is 0 Å². The zero-order valence-electron chi connectivity index (χ0n) is 6.43. The zero-order chi connectivity index (χ0) is 7.40. The average molecular weight is 144 g/mol. The fraction of sp³-hybridized carbons (Fsp3) is 1.00. The Kier molecular flexibility index (Phi) is 3.12. The summed E-state index contributed by atoms with van der Waals surface area (Å²) in [4.78, 5) is 0. The molecule has 1 aliphatic carbocycles. The lowest BCUT2D eigenvalue weighted by Gasteiger charge is -2.20. The van der Waals surface area contributed by atoms with Crippen LogP contribution in [0.4, 0.5) is 0 Å². The van der Waals surface area contributed by atoms with Crippen molar-refractivity contribution in [3.8, 4) is 0 Å². The molecule has 10 heavy (non-hydrogen) atoms. The summed E-state index contributed by atoms with van der Waals surface area (Å²) in [6.07, 6.45) is 5.19. The van der Waals surface area contributed by atoms with Crippen LogP contribution >= 0.6 is 0 Å². The van der Waals surface area contributed by atoms with Crippen LogP contribution in [-0.2, 0) is 0 Å². The summed E-state index contributed by atoms with van der Waals surface area (Å²) in [5.74, 6) is 0.620. The van der Waals surface area contributed by atoms with Crippen molar-refractivity contribution in [2.75, 3.05) is 7.05 Å². The minimum absolute atomic E-state index is 0.0995. The Bertz CT molecular complexity index is 87.6. The molecule has 0 radical (unpaired) electrons. The maximum absolute atomic E-state index is 8.67. The van der Waals surface area contributed by atoms with Gasteiger partial charge in [-0.05, 0) is 25.8 Å². The summed E-state index contributed by atoms with van der Waals surface area (Å²) in [6, 6.07) is 0. The molecule has 1 rings (SSSR count). The summed E-state index contributed by atoms with van der Waals surface area (Å²) >= 11 is 0. The third kappa shape index (κ3) is 1.68. The molecule has 0 amide bonds. The highest BCUT2D eigenvalue weighted by atomic mass is 16.5. The minimum Gasteiger partial charge on any atom is -0.315 e. The molecule has 0 spiro atoms. The van der Waals surface area contributed by atoms with Crippen LogP contribution < -0.4 is 10.8 Å². The molecular weight excluding hydrogens is 128 g/mol. The topological polar surface area (TPSA) is 44.3 Å². The number of nitrogens with one attached hydrogen (secondary N) is 2. The first-order chi connectivity index (χ1) is 4.88. The van der Waals surface area contributed by atoms with Crippen LogP contribution in [0.25, 0.3) is 0 Å². The molecule has 3 nitrogen and oxygen atoms in total. The van der Waals surface area contributed by atoms with Crippen LogP contribution in [0.1, 0.15) is 25.7 Å². The van der Waals surface area contributed by atoms with Crippen molar-refractivity contribution in [2.24, 2.45) is 5.92 Å². The van der Waals surface area contributed by atoms with Gasteiger partial charge in [0.2, 0.25) is 0 Å². The number of hydrogen-bond acceptors (Lipinski definition) is 3. The quantitative estimate of drug-likeness (QED) is 0.403. The fourth-order valence-electron chi connectivity index (χ4n) is 1.70. The standard InChI is InChI=1S/C7H16N2O/c1-8-7(9-10)6-4-2-3-5-6/h6-10H,2-5H2,1H3. The van der Waals surface area contributed by atoms with Crippen LogP contribution in [0.2, 0.25) is 0 Å². The second kappa shape index (κ2) is 3.91. The average Bonchev–Trinajstić information content (AvgIpc) is 2.43. The maximum Gasteiger partial charge on any atom is 0.0835 e. The molecule has 0 saturated heterocycles. The monoisotopic (exact) mass is 144 g/mol. The normalized spacial score (nSPS) is 23.4. The third-order valence-corrected chi connectivity index (χ3v) is 2.32. The minimum atomic E-state index is 0.0995. The molecule has 1 aliphatic rings. The van der Waals surface area contributed by atoms with Crippen molar-refractivity contribution in [3.63, 3.8) is 0 Å². The molecule has 3 N–H and O–H groups in total. The zero-order valence-corrected chi connectivity index (χ0v) is 6.43. The van der Waals surface area contributed by atoms with Crippen molar-refractivity contribution < 1.29 is 5.21 Å². The van der Waals surface area contributed by atoms with E-state index in [9.17, 15) is 0 Å². The van der Waals surface area contributed by atoms with Crippen molar-refractivity contribution in [3.05, 3.63) is 0 Å². The molecular formula is C7H16N2O. The Morgan fingerprint density at radius 1 is 1.40 bits per heavy atom. The smallest absolute Gasteiger partial charge is 0.0835 e. The van der Waals surface area contributed by atoms with Gasteiger partial charge in [-0.1, -0.05) is 12.8 Å². The third-order valence-electron chi connectivity index (χ3n) is 2.32. The lowest BCUT2D eigenvalue weighted by Crippen LogP contribution is -2.43. The van der Waals surface area contributed by atoms with Crippen LogP contribution in [0, 0.1) is 5.92 Å². The Morgan fingerprint density at radius 3 is 2.40 bits per heavy atom. The van der Waals surface area contributed by atoms with Crippen molar-refractivity contribution in [1.82, 2.24) is 10.8 Å². The van der Waals surface area contributed by atoms with Gasteiger partial charge < -0.3 is 10.5 Å². The SMILES string of the molecule is CNC(NO)C1CCCC1. The van der Waals surface area contributed by atoms with Gasteiger partial charge in [-0.2, -0.15) is 5.48 Å². The van der Waals surface area contributed by atoms with Gasteiger partial charge in [0.25, 0.3) is 0 Å². The fourth-order valence-corrected chi connectivity index (χ4v) is 1.70. The molecule has 0 bridgehead atoms. The Balaban J connectivity index is 2.29. The highest BCUT2D eigenvalue weighted by Crippen LogP contribution is 2.26. The predicted octanol–water partition coefficient (Wildman–Crippen LogP) is 0.701. The van der Waals surface area contributed by atoms with E-state index in [1.165, 1.54) is 25.7 Å². The number of rotatable bonds is 3. The van der Waals surface area contributed by atoms with Crippen LogP contribution in [0.3, 0.4) is 0 Å². The lowest BCUT2D eigenvalue weighted by atomic mass is 10.1. The van der Waals surface area contributed by atoms with E-state index in [1.807, 2.05) is 7.05 Å². The van der Waals surface area contributed by atoms with E-state index in [0.29, 0.717) is 5.92 Å². The summed E-state index contributed by atoms with van der Waals surface area (Å²) in [5, 5.41) is 11.7. The van der Waals surface area contributed by atoms with Gasteiger partial charge in [0.15, 0.2) is 0 Å². The van der Waals surface area contributed by atoms with Crippen LogP contribution in [0.15, 0.2) is 0 Å². The van der Waals surface area contributed by atoms with E-state index in [2.05, 4.69) is 10.8 Å².